The van der Waals surface area contributed by atoms with Crippen LogP contribution in [0.25, 0.3) is 5.53 Å². The third-order valence-corrected chi connectivity index (χ3v) is 1.36. The largest absolute Gasteiger partial charge is 0.361 e. The first-order chi connectivity index (χ1) is 5.72. The van der Waals surface area contributed by atoms with Crippen LogP contribution in [-0.2, 0) is 4.79 Å². The molecule has 0 aliphatic rings. The van der Waals surface area contributed by atoms with Gasteiger partial charge in [-0.25, -0.2) is 0 Å². The Morgan fingerprint density at radius 2 is 2.33 bits per heavy atom. The molecule has 0 saturated carbocycles. The molecule has 0 N–H and O–H groups in total. The molecule has 0 aromatic rings. The molecule has 0 unspecified atom stereocenters. The molecular formula is C9H12N2O. The lowest BCUT2D eigenvalue weighted by molar-refractivity contribution is -0.117. The zero-order chi connectivity index (χ0) is 9.40. The topological polar surface area (TPSA) is 53.5 Å². The first-order valence-corrected chi connectivity index (χ1v) is 3.71. The highest BCUT2D eigenvalue weighted by molar-refractivity contribution is 6.36. The molecule has 0 amide bonds. The van der Waals surface area contributed by atoms with E-state index in [4.69, 9.17) is 5.53 Å². The third-order valence-electron chi connectivity index (χ3n) is 1.36. The van der Waals surface area contributed by atoms with Crippen molar-refractivity contribution in [3.63, 3.8) is 0 Å². The molecule has 0 atom stereocenters. The number of ketones is 1. The molecule has 0 spiro atoms. The van der Waals surface area contributed by atoms with Crippen LogP contribution in [0.3, 0.4) is 0 Å². The van der Waals surface area contributed by atoms with Gasteiger partial charge in [0, 0.05) is 13.3 Å². The second-order valence-corrected chi connectivity index (χ2v) is 2.31. The second kappa shape index (κ2) is 6.25. The molecule has 0 aromatic heterocycles. The maximum absolute atomic E-state index is 11.0. The van der Waals surface area contributed by atoms with Crippen LogP contribution in [0.1, 0.15) is 19.8 Å². The van der Waals surface area contributed by atoms with Crippen molar-refractivity contribution in [2.45, 2.75) is 19.8 Å². The average molecular weight is 164 g/mol. The highest BCUT2D eigenvalue weighted by Crippen LogP contribution is 1.93. The van der Waals surface area contributed by atoms with Gasteiger partial charge in [-0.1, -0.05) is 24.8 Å². The van der Waals surface area contributed by atoms with Crippen LogP contribution >= 0.6 is 0 Å². The van der Waals surface area contributed by atoms with E-state index < -0.39 is 0 Å². The summed E-state index contributed by atoms with van der Waals surface area (Å²) in [6, 6.07) is 0. The SMILES string of the molecule is C=C/C=C/CCC(=O)C(C)=[N+]=[N-]. The first-order valence-electron chi connectivity index (χ1n) is 3.71. The van der Waals surface area contributed by atoms with Crippen LogP contribution < -0.4 is 0 Å². The van der Waals surface area contributed by atoms with Crippen LogP contribution in [0.4, 0.5) is 0 Å². The number of allylic oxidation sites excluding steroid dienone is 3. The van der Waals surface area contributed by atoms with Gasteiger partial charge in [0.05, 0.1) is 0 Å². The zero-order valence-electron chi connectivity index (χ0n) is 7.16. The summed E-state index contributed by atoms with van der Waals surface area (Å²) in [5, 5.41) is 0. The number of nitrogens with zero attached hydrogens (tertiary/aromatic N) is 2. The van der Waals surface area contributed by atoms with E-state index in [9.17, 15) is 4.79 Å². The normalized spacial score (nSPS) is 9.42. The number of carbonyl (C=O) groups excluding carboxylic acids is 1. The second-order valence-electron chi connectivity index (χ2n) is 2.31. The molecule has 12 heavy (non-hydrogen) atoms. The van der Waals surface area contributed by atoms with Gasteiger partial charge in [-0.15, -0.1) is 0 Å². The molecule has 0 heterocycles. The molecule has 0 aliphatic heterocycles. The van der Waals surface area contributed by atoms with Crippen LogP contribution in [-0.4, -0.2) is 16.3 Å². The molecule has 0 aromatic carbocycles. The summed E-state index contributed by atoms with van der Waals surface area (Å²) in [6.07, 6.45) is 6.30. The Labute approximate surface area is 72.0 Å². The number of hydrogen-bond donors (Lipinski definition) is 0. The molecule has 3 heteroatoms. The Bertz CT molecular complexity index is 247. The summed E-state index contributed by atoms with van der Waals surface area (Å²) in [6.45, 7) is 4.98. The summed E-state index contributed by atoms with van der Waals surface area (Å²) < 4.78 is 0. The lowest BCUT2D eigenvalue weighted by Gasteiger charge is -1.87. The van der Waals surface area contributed by atoms with E-state index in [-0.39, 0.29) is 11.5 Å². The Morgan fingerprint density at radius 1 is 1.67 bits per heavy atom. The lowest BCUT2D eigenvalue weighted by Crippen LogP contribution is -2.09. The van der Waals surface area contributed by atoms with Gasteiger partial charge >= 0.3 is 5.71 Å². The van der Waals surface area contributed by atoms with E-state index in [0.717, 1.165) is 0 Å². The van der Waals surface area contributed by atoms with Crippen molar-refractivity contribution in [2.75, 3.05) is 0 Å². The Hall–Kier alpha value is -1.47. The quantitative estimate of drug-likeness (QED) is 0.264. The van der Waals surface area contributed by atoms with E-state index in [2.05, 4.69) is 11.4 Å². The minimum absolute atomic E-state index is 0.133. The molecular weight excluding hydrogens is 152 g/mol. The molecule has 0 radical (unpaired) electrons. The molecule has 3 nitrogen and oxygen atoms in total. The monoisotopic (exact) mass is 164 g/mol. The molecule has 0 rings (SSSR count). The summed E-state index contributed by atoms with van der Waals surface area (Å²) >= 11 is 0. The molecule has 0 fully saturated rings. The highest BCUT2D eigenvalue weighted by atomic mass is 16.1. The smallest absolute Gasteiger partial charge is 0.331 e. The minimum atomic E-state index is -0.133. The van der Waals surface area contributed by atoms with Crippen LogP contribution in [0.15, 0.2) is 24.8 Å². The number of hydrogen-bond acceptors (Lipinski definition) is 1. The van der Waals surface area contributed by atoms with E-state index in [1.54, 1.807) is 12.2 Å². The van der Waals surface area contributed by atoms with Gasteiger partial charge < -0.3 is 5.53 Å². The number of carbonyl (C=O) groups is 1. The van der Waals surface area contributed by atoms with Crippen molar-refractivity contribution in [3.8, 4) is 0 Å². The highest BCUT2D eigenvalue weighted by Gasteiger charge is 2.10. The van der Waals surface area contributed by atoms with Crippen molar-refractivity contribution in [3.05, 3.63) is 30.3 Å². The van der Waals surface area contributed by atoms with Gasteiger partial charge in [0.25, 0.3) is 0 Å². The van der Waals surface area contributed by atoms with E-state index in [1.807, 2.05) is 6.08 Å². The van der Waals surface area contributed by atoms with E-state index in [0.29, 0.717) is 12.8 Å². The van der Waals surface area contributed by atoms with Gasteiger partial charge in [0.15, 0.2) is 0 Å². The first kappa shape index (κ1) is 10.5. The van der Waals surface area contributed by atoms with Crippen molar-refractivity contribution < 1.29 is 9.58 Å². The van der Waals surface area contributed by atoms with Gasteiger partial charge in [-0.05, 0) is 6.42 Å². The van der Waals surface area contributed by atoms with E-state index in [1.165, 1.54) is 6.92 Å². The fourth-order valence-corrected chi connectivity index (χ4v) is 0.644. The fraction of sp³-hybridized carbons (Fsp3) is 0.333. The predicted octanol–water partition coefficient (Wildman–Crippen LogP) is 1.77. The fourth-order valence-electron chi connectivity index (χ4n) is 0.644. The lowest BCUT2D eigenvalue weighted by atomic mass is 10.1. The Kier molecular flexibility index (Phi) is 5.49. The Balaban J connectivity index is 3.80. The average Bonchev–Trinajstić information content (AvgIpc) is 2.10. The maximum Gasteiger partial charge on any atom is 0.331 e. The Morgan fingerprint density at radius 3 is 2.83 bits per heavy atom. The van der Waals surface area contributed by atoms with Crippen LogP contribution in [0.2, 0.25) is 0 Å². The van der Waals surface area contributed by atoms with Crippen LogP contribution in [0.5, 0.6) is 0 Å². The number of Topliss-reactive ketones (excluding diaryl/α,β-unsaturated/α-hetero) is 1. The van der Waals surface area contributed by atoms with Crippen molar-refractivity contribution in [2.24, 2.45) is 0 Å². The van der Waals surface area contributed by atoms with Gasteiger partial charge in [-0.3, -0.25) is 4.79 Å². The molecule has 0 saturated heterocycles. The summed E-state index contributed by atoms with van der Waals surface area (Å²) in [5.74, 6) is -0.133. The molecule has 64 valence electrons. The van der Waals surface area contributed by atoms with Crippen molar-refractivity contribution in [1.29, 1.82) is 0 Å². The molecule has 0 aliphatic carbocycles. The summed E-state index contributed by atoms with van der Waals surface area (Å²) in [5.41, 5.74) is 8.40. The summed E-state index contributed by atoms with van der Waals surface area (Å²) in [4.78, 5) is 13.8. The minimum Gasteiger partial charge on any atom is -0.361 e. The predicted molar refractivity (Wildman–Crippen MR) is 47.9 cm³/mol. The van der Waals surface area contributed by atoms with Gasteiger partial charge in [0.2, 0.25) is 5.78 Å². The number of rotatable bonds is 5. The van der Waals surface area contributed by atoms with Crippen molar-refractivity contribution in [1.82, 2.24) is 0 Å². The third kappa shape index (κ3) is 4.36. The zero-order valence-corrected chi connectivity index (χ0v) is 7.16. The van der Waals surface area contributed by atoms with Gasteiger partial charge in [0.1, 0.15) is 0 Å². The van der Waals surface area contributed by atoms with Gasteiger partial charge in [-0.2, -0.15) is 4.79 Å². The van der Waals surface area contributed by atoms with E-state index >= 15 is 0 Å². The molecule has 0 bridgehead atoms. The van der Waals surface area contributed by atoms with Crippen LogP contribution in [0, 0.1) is 0 Å². The standard InChI is InChI=1S/C9H12N2O/c1-3-4-5-6-7-9(12)8(2)11-10/h3-5H,1,6-7H2,2H3/b5-4+. The summed E-state index contributed by atoms with van der Waals surface area (Å²) in [7, 11) is 0. The van der Waals surface area contributed by atoms with Crippen molar-refractivity contribution >= 4 is 11.5 Å². The maximum atomic E-state index is 11.0.